The van der Waals surface area contributed by atoms with Gasteiger partial charge in [0, 0.05) is 30.5 Å². The highest BCUT2D eigenvalue weighted by atomic mass is 79.9. The van der Waals surface area contributed by atoms with Crippen molar-refractivity contribution in [1.29, 1.82) is 0 Å². The average Bonchev–Trinajstić information content (AvgIpc) is 2.64. The Labute approximate surface area is 133 Å². The Bertz CT molecular complexity index is 604. The van der Waals surface area contributed by atoms with Gasteiger partial charge in [-0.15, -0.1) is 0 Å². The van der Waals surface area contributed by atoms with E-state index in [2.05, 4.69) is 20.7 Å². The number of sulfonamides is 1. The number of amides is 1. The zero-order valence-electron chi connectivity index (χ0n) is 11.7. The molecule has 21 heavy (non-hydrogen) atoms. The summed E-state index contributed by atoms with van der Waals surface area (Å²) >= 11 is 3.26. The van der Waals surface area contributed by atoms with Gasteiger partial charge in [0.15, 0.2) is 0 Å². The van der Waals surface area contributed by atoms with Crippen molar-refractivity contribution in [2.45, 2.75) is 30.6 Å². The number of likely N-dealkylation sites (tertiary alicyclic amines) is 1. The smallest absolute Gasteiger partial charge is 0.240 e. The molecule has 1 aromatic carbocycles. The zero-order valence-corrected chi connectivity index (χ0v) is 14.1. The fourth-order valence-electron chi connectivity index (χ4n) is 2.31. The number of nitrogens with zero attached hydrogens (tertiary/aromatic N) is 1. The molecule has 1 N–H and O–H groups in total. The molecule has 0 saturated carbocycles. The second-order valence-electron chi connectivity index (χ2n) is 5.05. The summed E-state index contributed by atoms with van der Waals surface area (Å²) in [5.41, 5.74) is 0. The fraction of sp³-hybridized carbons (Fsp3) is 0.500. The second kappa shape index (κ2) is 7.38. The second-order valence-corrected chi connectivity index (χ2v) is 7.73. The van der Waals surface area contributed by atoms with Crippen molar-refractivity contribution in [2.75, 3.05) is 19.6 Å². The molecule has 2 rings (SSSR count). The van der Waals surface area contributed by atoms with Crippen LogP contribution in [0.15, 0.2) is 33.6 Å². The zero-order chi connectivity index (χ0) is 15.3. The molecule has 1 saturated heterocycles. The first-order valence-electron chi connectivity index (χ1n) is 7.02. The normalized spacial score (nSPS) is 16.8. The Balaban J connectivity index is 1.91. The van der Waals surface area contributed by atoms with E-state index in [9.17, 15) is 13.2 Å². The third kappa shape index (κ3) is 4.79. The summed E-state index contributed by atoms with van der Waals surface area (Å²) in [4.78, 5) is 13.8. The molecule has 1 fully saturated rings. The molecule has 1 aliphatic rings. The molecule has 1 amide bonds. The van der Waals surface area contributed by atoms with E-state index in [1.807, 2.05) is 0 Å². The number of nitrogens with one attached hydrogen (secondary N) is 1. The van der Waals surface area contributed by atoms with Gasteiger partial charge in [-0.25, -0.2) is 13.1 Å². The SMILES string of the molecule is O=C1CCCCCN1CCNS(=O)(=O)c1cccc(Br)c1. The minimum Gasteiger partial charge on any atom is -0.341 e. The maximum atomic E-state index is 12.1. The quantitative estimate of drug-likeness (QED) is 0.858. The van der Waals surface area contributed by atoms with E-state index >= 15 is 0 Å². The van der Waals surface area contributed by atoms with Crippen LogP contribution in [0.3, 0.4) is 0 Å². The molecule has 1 heterocycles. The molecule has 0 bridgehead atoms. The van der Waals surface area contributed by atoms with E-state index in [1.54, 1.807) is 29.2 Å². The molecular weight excluding hydrogens is 356 g/mol. The third-order valence-electron chi connectivity index (χ3n) is 3.45. The molecule has 0 aliphatic carbocycles. The number of hydrogen-bond donors (Lipinski definition) is 1. The first-order valence-corrected chi connectivity index (χ1v) is 9.30. The van der Waals surface area contributed by atoms with Gasteiger partial charge >= 0.3 is 0 Å². The van der Waals surface area contributed by atoms with E-state index in [1.165, 1.54) is 0 Å². The van der Waals surface area contributed by atoms with E-state index in [4.69, 9.17) is 0 Å². The van der Waals surface area contributed by atoms with Gasteiger partial charge in [0.1, 0.15) is 0 Å². The van der Waals surface area contributed by atoms with Crippen LogP contribution in [0.25, 0.3) is 0 Å². The summed E-state index contributed by atoms with van der Waals surface area (Å²) in [6.45, 7) is 1.38. The minimum atomic E-state index is -3.53. The summed E-state index contributed by atoms with van der Waals surface area (Å²) in [6.07, 6.45) is 3.55. The van der Waals surface area contributed by atoms with Gasteiger partial charge in [0.05, 0.1) is 4.90 Å². The van der Waals surface area contributed by atoms with Gasteiger partial charge in [0.25, 0.3) is 0 Å². The lowest BCUT2D eigenvalue weighted by molar-refractivity contribution is -0.130. The van der Waals surface area contributed by atoms with Crippen molar-refractivity contribution < 1.29 is 13.2 Å². The molecule has 0 aromatic heterocycles. The predicted molar refractivity (Wildman–Crippen MR) is 84.4 cm³/mol. The lowest BCUT2D eigenvalue weighted by atomic mass is 10.2. The maximum absolute atomic E-state index is 12.1. The van der Waals surface area contributed by atoms with Crippen molar-refractivity contribution in [3.63, 3.8) is 0 Å². The van der Waals surface area contributed by atoms with Crippen LogP contribution in [0.1, 0.15) is 25.7 Å². The highest BCUT2D eigenvalue weighted by Gasteiger charge is 2.18. The van der Waals surface area contributed by atoms with Crippen molar-refractivity contribution in [2.24, 2.45) is 0 Å². The highest BCUT2D eigenvalue weighted by molar-refractivity contribution is 9.10. The molecule has 1 aliphatic heterocycles. The number of benzene rings is 1. The Morgan fingerprint density at radius 2 is 2.05 bits per heavy atom. The number of rotatable bonds is 5. The van der Waals surface area contributed by atoms with Gasteiger partial charge in [0.2, 0.25) is 15.9 Å². The Morgan fingerprint density at radius 1 is 1.24 bits per heavy atom. The van der Waals surface area contributed by atoms with Gasteiger partial charge in [-0.3, -0.25) is 4.79 Å². The van der Waals surface area contributed by atoms with Gasteiger partial charge in [-0.1, -0.05) is 28.4 Å². The van der Waals surface area contributed by atoms with Crippen molar-refractivity contribution >= 4 is 31.9 Å². The molecule has 1 aromatic rings. The molecule has 0 atom stereocenters. The van der Waals surface area contributed by atoms with Crippen molar-refractivity contribution in [1.82, 2.24) is 9.62 Å². The highest BCUT2D eigenvalue weighted by Crippen LogP contribution is 2.16. The van der Waals surface area contributed by atoms with Crippen LogP contribution in [-0.2, 0) is 14.8 Å². The van der Waals surface area contributed by atoms with E-state index in [0.29, 0.717) is 17.4 Å². The van der Waals surface area contributed by atoms with Crippen LogP contribution in [0.2, 0.25) is 0 Å². The standard InChI is InChI=1S/C14H19BrN2O3S/c15-12-5-4-6-13(11-12)21(19,20)16-8-10-17-9-3-1-2-7-14(17)18/h4-6,11,16H,1-3,7-10H2. The maximum Gasteiger partial charge on any atom is 0.240 e. The molecule has 7 heteroatoms. The molecule has 5 nitrogen and oxygen atoms in total. The first-order chi connectivity index (χ1) is 9.99. The van der Waals surface area contributed by atoms with E-state index in [0.717, 1.165) is 25.8 Å². The number of carbonyl (C=O) groups is 1. The van der Waals surface area contributed by atoms with E-state index in [-0.39, 0.29) is 17.3 Å². The molecule has 0 radical (unpaired) electrons. The number of carbonyl (C=O) groups excluding carboxylic acids is 1. The van der Waals surface area contributed by atoms with Crippen LogP contribution >= 0.6 is 15.9 Å². The number of halogens is 1. The Hall–Kier alpha value is -0.920. The minimum absolute atomic E-state index is 0.120. The summed E-state index contributed by atoms with van der Waals surface area (Å²) in [7, 11) is -3.53. The van der Waals surface area contributed by atoms with Crippen LogP contribution in [-0.4, -0.2) is 38.9 Å². The van der Waals surface area contributed by atoms with Crippen LogP contribution in [0.5, 0.6) is 0 Å². The average molecular weight is 375 g/mol. The summed E-state index contributed by atoms with van der Waals surface area (Å²) < 4.78 is 27.5. The van der Waals surface area contributed by atoms with Gasteiger partial charge < -0.3 is 4.90 Å². The Kier molecular flexibility index (Phi) is 5.78. The number of hydrogen-bond acceptors (Lipinski definition) is 3. The molecular formula is C14H19BrN2O3S. The lowest BCUT2D eigenvalue weighted by Gasteiger charge is -2.20. The summed E-state index contributed by atoms with van der Waals surface area (Å²) in [6, 6.07) is 6.55. The van der Waals surface area contributed by atoms with Gasteiger partial charge in [-0.05, 0) is 31.0 Å². The summed E-state index contributed by atoms with van der Waals surface area (Å²) in [5, 5.41) is 0. The predicted octanol–water partition coefficient (Wildman–Crippen LogP) is 2.13. The largest absolute Gasteiger partial charge is 0.341 e. The van der Waals surface area contributed by atoms with Crippen LogP contribution < -0.4 is 4.72 Å². The topological polar surface area (TPSA) is 66.5 Å². The van der Waals surface area contributed by atoms with Crippen molar-refractivity contribution in [3.8, 4) is 0 Å². The van der Waals surface area contributed by atoms with Crippen molar-refractivity contribution in [3.05, 3.63) is 28.7 Å². The monoisotopic (exact) mass is 374 g/mol. The molecule has 0 spiro atoms. The van der Waals surface area contributed by atoms with Gasteiger partial charge in [-0.2, -0.15) is 0 Å². The van der Waals surface area contributed by atoms with Crippen LogP contribution in [0, 0.1) is 0 Å². The Morgan fingerprint density at radius 3 is 2.81 bits per heavy atom. The lowest BCUT2D eigenvalue weighted by Crippen LogP contribution is -2.38. The summed E-state index contributed by atoms with van der Waals surface area (Å²) in [5.74, 6) is 0.120. The molecule has 116 valence electrons. The first kappa shape index (κ1) is 16.5. The van der Waals surface area contributed by atoms with Crippen LogP contribution in [0.4, 0.5) is 0 Å². The third-order valence-corrected chi connectivity index (χ3v) is 5.40. The van der Waals surface area contributed by atoms with E-state index < -0.39 is 10.0 Å². The fourth-order valence-corrected chi connectivity index (χ4v) is 3.92. The molecule has 0 unspecified atom stereocenters.